The molecule has 0 saturated heterocycles. The lowest BCUT2D eigenvalue weighted by atomic mass is 9.95. The highest BCUT2D eigenvalue weighted by Crippen LogP contribution is 2.36. The third kappa shape index (κ3) is 4.67. The molecule has 1 aromatic carbocycles. The van der Waals surface area contributed by atoms with Crippen molar-refractivity contribution in [3.8, 4) is 5.75 Å². The minimum atomic E-state index is -0.840. The van der Waals surface area contributed by atoms with Crippen LogP contribution in [0.25, 0.3) is 6.08 Å². The third-order valence-corrected chi connectivity index (χ3v) is 6.14. The van der Waals surface area contributed by atoms with Crippen LogP contribution in [0.5, 0.6) is 5.75 Å². The highest BCUT2D eigenvalue weighted by molar-refractivity contribution is 7.07. The Morgan fingerprint density at radius 1 is 1.31 bits per heavy atom. The Kier molecular flexibility index (Phi) is 6.70. The average Bonchev–Trinajstić information content (AvgIpc) is 3.38. The van der Waals surface area contributed by atoms with E-state index in [2.05, 4.69) is 4.99 Å². The minimum Gasteiger partial charge on any atom is -0.491 e. The second kappa shape index (κ2) is 9.71. The fourth-order valence-corrected chi connectivity index (χ4v) is 4.83. The molecule has 35 heavy (non-hydrogen) atoms. The van der Waals surface area contributed by atoms with Gasteiger partial charge in [-0.05, 0) is 39.8 Å². The number of thiazole rings is 1. The molecule has 0 N–H and O–H groups in total. The van der Waals surface area contributed by atoms with E-state index in [-0.39, 0.29) is 28.6 Å². The van der Waals surface area contributed by atoms with Gasteiger partial charge in [0.2, 0.25) is 0 Å². The first-order valence-corrected chi connectivity index (χ1v) is 11.7. The Bertz CT molecular complexity index is 1510. The van der Waals surface area contributed by atoms with Crippen molar-refractivity contribution in [3.63, 3.8) is 0 Å². The van der Waals surface area contributed by atoms with E-state index in [0.29, 0.717) is 21.8 Å². The van der Waals surface area contributed by atoms with E-state index in [1.54, 1.807) is 32.0 Å². The maximum atomic E-state index is 13.6. The van der Waals surface area contributed by atoms with Crippen molar-refractivity contribution in [1.29, 1.82) is 0 Å². The fourth-order valence-electron chi connectivity index (χ4n) is 3.80. The quantitative estimate of drug-likeness (QED) is 0.279. The van der Waals surface area contributed by atoms with Crippen LogP contribution in [-0.4, -0.2) is 28.2 Å². The number of hydrogen-bond acceptors (Lipinski definition) is 9. The molecule has 2 aromatic heterocycles. The van der Waals surface area contributed by atoms with Gasteiger partial charge >= 0.3 is 11.9 Å². The van der Waals surface area contributed by atoms with Crippen molar-refractivity contribution >= 4 is 29.3 Å². The van der Waals surface area contributed by atoms with Gasteiger partial charge in [-0.25, -0.2) is 9.79 Å². The number of fused-ring (bicyclic) bond motifs is 1. The van der Waals surface area contributed by atoms with E-state index in [1.807, 2.05) is 19.9 Å². The predicted octanol–water partition coefficient (Wildman–Crippen LogP) is 3.09. The maximum absolute atomic E-state index is 13.6. The van der Waals surface area contributed by atoms with Gasteiger partial charge in [0.05, 0.1) is 34.6 Å². The average molecular weight is 498 g/mol. The number of benzene rings is 1. The lowest BCUT2D eigenvalue weighted by Gasteiger charge is -2.26. The monoisotopic (exact) mass is 497 g/mol. The second-order valence-corrected chi connectivity index (χ2v) is 8.95. The van der Waals surface area contributed by atoms with E-state index >= 15 is 0 Å². The predicted molar refractivity (Wildman–Crippen MR) is 128 cm³/mol. The largest absolute Gasteiger partial charge is 0.491 e. The molecule has 11 heteroatoms. The number of para-hydroxylation sites is 1. The Morgan fingerprint density at radius 3 is 2.71 bits per heavy atom. The van der Waals surface area contributed by atoms with Gasteiger partial charge in [-0.15, -0.1) is 0 Å². The number of nitrogens with zero attached hydrogens (tertiary/aromatic N) is 3. The first-order chi connectivity index (χ1) is 16.7. The Labute approximate surface area is 203 Å². The zero-order chi connectivity index (χ0) is 25.3. The topological polar surface area (TPSA) is 126 Å². The smallest absolute Gasteiger partial charge is 0.433 e. The molecule has 3 aromatic rings. The van der Waals surface area contributed by atoms with Gasteiger partial charge in [-0.2, -0.15) is 0 Å². The van der Waals surface area contributed by atoms with Crippen LogP contribution in [0.15, 0.2) is 61.9 Å². The van der Waals surface area contributed by atoms with Crippen LogP contribution in [0, 0.1) is 10.1 Å². The van der Waals surface area contributed by atoms with E-state index in [0.717, 1.165) is 11.3 Å². The number of rotatable bonds is 7. The van der Waals surface area contributed by atoms with Crippen LogP contribution in [0.2, 0.25) is 0 Å². The van der Waals surface area contributed by atoms with Crippen LogP contribution in [0.3, 0.4) is 0 Å². The van der Waals surface area contributed by atoms with E-state index in [9.17, 15) is 19.7 Å². The summed E-state index contributed by atoms with van der Waals surface area (Å²) in [4.78, 5) is 41.8. The molecule has 0 bridgehead atoms. The number of carbonyl (C=O) groups is 1. The lowest BCUT2D eigenvalue weighted by molar-refractivity contribution is -0.402. The summed E-state index contributed by atoms with van der Waals surface area (Å²) in [5.41, 5.74) is 0.847. The summed E-state index contributed by atoms with van der Waals surface area (Å²) >= 11 is 1.09. The van der Waals surface area contributed by atoms with E-state index in [1.165, 1.54) is 22.8 Å². The van der Waals surface area contributed by atoms with Crippen LogP contribution < -0.4 is 19.6 Å². The molecule has 0 saturated carbocycles. The van der Waals surface area contributed by atoms with E-state index < -0.39 is 28.4 Å². The van der Waals surface area contributed by atoms with Crippen molar-refractivity contribution in [2.75, 3.05) is 6.61 Å². The molecule has 182 valence electrons. The molecule has 0 radical (unpaired) electrons. The Morgan fingerprint density at radius 2 is 2.06 bits per heavy atom. The van der Waals surface area contributed by atoms with Gasteiger partial charge in [-0.3, -0.25) is 19.5 Å². The summed E-state index contributed by atoms with van der Waals surface area (Å²) in [6, 6.07) is 8.99. The molecular formula is C24H23N3O7S. The van der Waals surface area contributed by atoms with Crippen molar-refractivity contribution in [1.82, 2.24) is 4.57 Å². The number of furan rings is 1. The van der Waals surface area contributed by atoms with Gasteiger partial charge in [0.1, 0.15) is 22.5 Å². The van der Waals surface area contributed by atoms with Gasteiger partial charge < -0.3 is 13.9 Å². The fraction of sp³-hybridized carbons (Fsp3) is 0.292. The van der Waals surface area contributed by atoms with Crippen LogP contribution in [0.4, 0.5) is 5.88 Å². The van der Waals surface area contributed by atoms with Gasteiger partial charge in [0, 0.05) is 11.6 Å². The molecule has 0 unspecified atom stereocenters. The molecule has 1 atom stereocenters. The standard InChI is InChI=1S/C24H23N3O7S/c1-5-32-23(29)20-14(4)25-24-26(21(20)16-8-6-7-9-17(16)33-13(2)3)22(28)18(35-24)12-15-10-11-19(34-15)27(30)31/h6-13,21H,5H2,1-4H3/b18-12-/t21-/m1/s1. The summed E-state index contributed by atoms with van der Waals surface area (Å²) < 4.78 is 18.2. The molecule has 10 nitrogen and oxygen atoms in total. The number of nitro groups is 1. The highest BCUT2D eigenvalue weighted by atomic mass is 32.1. The molecule has 0 aliphatic carbocycles. The van der Waals surface area contributed by atoms with Crippen LogP contribution >= 0.6 is 11.3 Å². The lowest BCUT2D eigenvalue weighted by Crippen LogP contribution is -2.40. The molecule has 1 aliphatic rings. The molecule has 0 spiro atoms. The molecule has 0 amide bonds. The zero-order valence-corrected chi connectivity index (χ0v) is 20.3. The molecule has 0 fully saturated rings. The van der Waals surface area contributed by atoms with Crippen LogP contribution in [0.1, 0.15) is 45.1 Å². The zero-order valence-electron chi connectivity index (χ0n) is 19.5. The number of ether oxygens (including phenoxy) is 2. The molecule has 3 heterocycles. The number of allylic oxidation sites excluding steroid dienone is 1. The van der Waals surface area contributed by atoms with Crippen LogP contribution in [-0.2, 0) is 9.53 Å². The van der Waals surface area contributed by atoms with Crippen molar-refractivity contribution < 1.29 is 23.6 Å². The van der Waals surface area contributed by atoms with Gasteiger partial charge in [0.15, 0.2) is 4.80 Å². The maximum Gasteiger partial charge on any atom is 0.433 e. The summed E-state index contributed by atoms with van der Waals surface area (Å²) in [5, 5.41) is 10.9. The number of carbonyl (C=O) groups excluding carboxylic acids is 1. The number of hydrogen-bond donors (Lipinski definition) is 0. The summed E-state index contributed by atoms with van der Waals surface area (Å²) in [6.07, 6.45) is 1.28. The Balaban J connectivity index is 1.96. The summed E-state index contributed by atoms with van der Waals surface area (Å²) in [7, 11) is 0. The van der Waals surface area contributed by atoms with Crippen molar-refractivity contribution in [2.45, 2.75) is 39.8 Å². The summed E-state index contributed by atoms with van der Waals surface area (Å²) in [5.74, 6) is -0.320. The van der Waals surface area contributed by atoms with E-state index in [4.69, 9.17) is 13.9 Å². The van der Waals surface area contributed by atoms with Gasteiger partial charge in [-0.1, -0.05) is 29.5 Å². The normalized spacial score (nSPS) is 15.7. The molecular weight excluding hydrogens is 474 g/mol. The highest BCUT2D eigenvalue weighted by Gasteiger charge is 2.35. The minimum absolute atomic E-state index is 0.141. The molecule has 4 rings (SSSR count). The summed E-state index contributed by atoms with van der Waals surface area (Å²) in [6.45, 7) is 7.33. The number of aromatic nitrogens is 1. The second-order valence-electron chi connectivity index (χ2n) is 7.94. The Hall–Kier alpha value is -3.99. The SMILES string of the molecule is CCOC(=O)C1=C(C)N=c2s/c(=C\c3ccc([N+](=O)[O-])o3)c(=O)n2[C@@H]1c1ccccc1OC(C)C. The van der Waals surface area contributed by atoms with Crippen molar-refractivity contribution in [3.05, 3.63) is 88.8 Å². The molecule has 1 aliphatic heterocycles. The van der Waals surface area contributed by atoms with Crippen molar-refractivity contribution in [2.24, 2.45) is 4.99 Å². The first kappa shape index (κ1) is 24.1. The first-order valence-electron chi connectivity index (χ1n) is 10.9. The van der Waals surface area contributed by atoms with Gasteiger partial charge in [0.25, 0.3) is 5.56 Å². The number of esters is 1. The third-order valence-electron chi connectivity index (χ3n) is 5.16.